The van der Waals surface area contributed by atoms with Gasteiger partial charge in [0.1, 0.15) is 24.0 Å². The number of amidine groups is 1. The molecule has 6 nitrogen and oxygen atoms in total. The van der Waals surface area contributed by atoms with E-state index in [4.69, 9.17) is 16.2 Å². The summed E-state index contributed by atoms with van der Waals surface area (Å²) in [6.45, 7) is 8.47. The van der Waals surface area contributed by atoms with Gasteiger partial charge in [-0.1, -0.05) is 69.8 Å². The molecule has 0 amide bonds. The Morgan fingerprint density at radius 3 is 2.53 bits per heavy atom. The van der Waals surface area contributed by atoms with Crippen molar-refractivity contribution in [3.05, 3.63) is 35.6 Å². The Morgan fingerprint density at radius 2 is 1.88 bits per heavy atom. The summed E-state index contributed by atoms with van der Waals surface area (Å²) in [7, 11) is 1.63. The van der Waals surface area contributed by atoms with Gasteiger partial charge in [-0.05, 0) is 38.0 Å². The van der Waals surface area contributed by atoms with Crippen molar-refractivity contribution in [1.29, 1.82) is 0 Å². The van der Waals surface area contributed by atoms with Gasteiger partial charge < -0.3 is 21.3 Å². The number of hydrogen-bond donors (Lipinski definition) is 3. The Bertz CT molecular complexity index is 725. The van der Waals surface area contributed by atoms with Crippen LogP contribution in [0.5, 0.6) is 0 Å². The van der Waals surface area contributed by atoms with Crippen molar-refractivity contribution in [2.24, 2.45) is 39.2 Å². The minimum absolute atomic E-state index is 0.0957. The number of aliphatic hydroxyl groups is 1. The number of aliphatic hydroxyl groups excluding tert-OH is 1. The van der Waals surface area contributed by atoms with Crippen molar-refractivity contribution in [2.45, 2.75) is 83.8 Å². The fourth-order valence-corrected chi connectivity index (χ4v) is 5.16. The van der Waals surface area contributed by atoms with Crippen LogP contribution in [-0.4, -0.2) is 43.1 Å². The van der Waals surface area contributed by atoms with E-state index in [9.17, 15) is 5.11 Å². The molecule has 1 heterocycles. The Morgan fingerprint density at radius 1 is 1.19 bits per heavy atom. The molecular formula is C26H44N4O2. The second-order valence-corrected chi connectivity index (χ2v) is 9.32. The van der Waals surface area contributed by atoms with E-state index in [0.29, 0.717) is 23.3 Å². The highest BCUT2D eigenvalue weighted by Crippen LogP contribution is 2.47. The molecule has 1 saturated heterocycles. The van der Waals surface area contributed by atoms with E-state index in [2.05, 4.69) is 36.5 Å². The third-order valence-corrected chi connectivity index (χ3v) is 7.20. The van der Waals surface area contributed by atoms with Crippen molar-refractivity contribution >= 4 is 12.2 Å². The van der Waals surface area contributed by atoms with Crippen LogP contribution in [0.2, 0.25) is 0 Å². The smallest absolute Gasteiger partial charge is 0.130 e. The van der Waals surface area contributed by atoms with E-state index in [1.807, 2.05) is 6.08 Å². The molecule has 5 unspecified atom stereocenters. The van der Waals surface area contributed by atoms with Crippen molar-refractivity contribution < 1.29 is 9.84 Å². The van der Waals surface area contributed by atoms with Crippen LogP contribution in [0.25, 0.3) is 0 Å². The van der Waals surface area contributed by atoms with Crippen LogP contribution in [0.1, 0.15) is 71.6 Å². The van der Waals surface area contributed by atoms with Crippen LogP contribution < -0.4 is 11.5 Å². The van der Waals surface area contributed by atoms with Gasteiger partial charge in [0.25, 0.3) is 0 Å². The van der Waals surface area contributed by atoms with Gasteiger partial charge in [0.15, 0.2) is 0 Å². The molecule has 6 heteroatoms. The lowest BCUT2D eigenvalue weighted by atomic mass is 9.86. The molecule has 32 heavy (non-hydrogen) atoms. The summed E-state index contributed by atoms with van der Waals surface area (Å²) in [5, 5.41) is 9.73. The normalized spacial score (nSPS) is 31.7. The van der Waals surface area contributed by atoms with E-state index >= 15 is 0 Å². The molecule has 0 spiro atoms. The minimum Gasteiger partial charge on any atom is -0.493 e. The first-order chi connectivity index (χ1) is 15.4. The highest BCUT2D eigenvalue weighted by molar-refractivity contribution is 6.01. The maximum atomic E-state index is 9.73. The van der Waals surface area contributed by atoms with E-state index < -0.39 is 0 Å². The van der Waals surface area contributed by atoms with Crippen molar-refractivity contribution in [2.75, 3.05) is 13.7 Å². The average Bonchev–Trinajstić information content (AvgIpc) is 3.13. The molecule has 1 aliphatic carbocycles. The second-order valence-electron chi connectivity index (χ2n) is 9.32. The molecule has 180 valence electrons. The van der Waals surface area contributed by atoms with Gasteiger partial charge in [-0.15, -0.1) is 0 Å². The SMILES string of the molecule is C=C1OC2C(/C(C)=C/C=C(\CO)C(N)=NC=NC)CC(CC)C2CCCCCCCC1N. The number of ether oxygens (including phenoxy) is 1. The van der Waals surface area contributed by atoms with Gasteiger partial charge in [0.2, 0.25) is 0 Å². The number of aliphatic imine (C=N–C) groups is 2. The molecule has 2 fully saturated rings. The van der Waals surface area contributed by atoms with Gasteiger partial charge in [0, 0.05) is 18.5 Å². The summed E-state index contributed by atoms with van der Waals surface area (Å²) in [6, 6.07) is -0.0992. The summed E-state index contributed by atoms with van der Waals surface area (Å²) in [5.41, 5.74) is 14.2. The number of rotatable bonds is 6. The molecule has 0 aromatic rings. The van der Waals surface area contributed by atoms with Crippen LogP contribution in [0.4, 0.5) is 0 Å². The topological polar surface area (TPSA) is 106 Å². The fourth-order valence-electron chi connectivity index (χ4n) is 5.16. The molecular weight excluding hydrogens is 400 g/mol. The zero-order valence-electron chi connectivity index (χ0n) is 20.3. The Labute approximate surface area is 194 Å². The van der Waals surface area contributed by atoms with E-state index in [1.54, 1.807) is 7.05 Å². The lowest BCUT2D eigenvalue weighted by molar-refractivity contribution is 0.0382. The van der Waals surface area contributed by atoms with Crippen LogP contribution in [-0.2, 0) is 4.74 Å². The highest BCUT2D eigenvalue weighted by Gasteiger charge is 2.44. The van der Waals surface area contributed by atoms with Gasteiger partial charge in [0.05, 0.1) is 12.6 Å². The lowest BCUT2D eigenvalue weighted by Gasteiger charge is -2.31. The number of fused-ring (bicyclic) bond motifs is 1. The lowest BCUT2D eigenvalue weighted by Crippen LogP contribution is -2.32. The number of allylic oxidation sites excluding steroid dienone is 2. The van der Waals surface area contributed by atoms with Crippen LogP contribution >= 0.6 is 0 Å². The van der Waals surface area contributed by atoms with Gasteiger partial charge in [-0.2, -0.15) is 0 Å². The summed E-state index contributed by atoms with van der Waals surface area (Å²) in [4.78, 5) is 7.87. The monoisotopic (exact) mass is 444 g/mol. The summed E-state index contributed by atoms with van der Waals surface area (Å²) in [5.74, 6) is 2.46. The largest absolute Gasteiger partial charge is 0.493 e. The molecule has 5 atom stereocenters. The van der Waals surface area contributed by atoms with Gasteiger partial charge in [-0.3, -0.25) is 4.99 Å². The standard InChI is InChI=1S/C26H44N4O2/c1-5-20-15-23(18(2)13-14-21(16-31)26(28)30-17-29-4)25-22(20)11-9-7-6-8-10-12-24(27)19(3)32-25/h13-14,17,20,22-25,31H,3,5-12,15-16,27H2,1-2,4H3,(H2,28,29,30)/b18-13+,21-14+. The molecule has 0 aromatic heterocycles. The van der Waals surface area contributed by atoms with E-state index in [-0.39, 0.29) is 24.6 Å². The number of nitrogens with zero attached hydrogens (tertiary/aromatic N) is 2. The van der Waals surface area contributed by atoms with Crippen molar-refractivity contribution in [3.8, 4) is 0 Å². The van der Waals surface area contributed by atoms with Crippen molar-refractivity contribution in [1.82, 2.24) is 0 Å². The Balaban J connectivity index is 2.30. The molecule has 5 N–H and O–H groups in total. The molecule has 2 aliphatic rings. The Hall–Kier alpha value is -1.92. The summed E-state index contributed by atoms with van der Waals surface area (Å²) in [6.07, 6.45) is 16.0. The van der Waals surface area contributed by atoms with Gasteiger partial charge >= 0.3 is 0 Å². The third kappa shape index (κ3) is 7.31. The predicted molar refractivity (Wildman–Crippen MR) is 135 cm³/mol. The maximum Gasteiger partial charge on any atom is 0.130 e. The predicted octanol–water partition coefficient (Wildman–Crippen LogP) is 4.50. The van der Waals surface area contributed by atoms with E-state index in [1.165, 1.54) is 44.0 Å². The first-order valence-corrected chi connectivity index (χ1v) is 12.3. The zero-order valence-corrected chi connectivity index (χ0v) is 20.3. The molecule has 1 aliphatic heterocycles. The number of nitrogens with two attached hydrogens (primary N) is 2. The van der Waals surface area contributed by atoms with Crippen LogP contribution in [0.15, 0.2) is 45.6 Å². The average molecular weight is 445 g/mol. The fraction of sp³-hybridized carbons (Fsp3) is 0.692. The Kier molecular flexibility index (Phi) is 11.2. The molecule has 0 radical (unpaired) electrons. The van der Waals surface area contributed by atoms with Gasteiger partial charge in [-0.25, -0.2) is 4.99 Å². The molecule has 0 aromatic carbocycles. The second kappa shape index (κ2) is 13.6. The third-order valence-electron chi connectivity index (χ3n) is 7.20. The molecule has 2 rings (SSSR count). The van der Waals surface area contributed by atoms with Crippen LogP contribution in [0.3, 0.4) is 0 Å². The maximum absolute atomic E-state index is 9.73. The highest BCUT2D eigenvalue weighted by atomic mass is 16.5. The number of hydrogen-bond acceptors (Lipinski definition) is 4. The minimum atomic E-state index is -0.173. The van der Waals surface area contributed by atoms with Crippen molar-refractivity contribution in [3.63, 3.8) is 0 Å². The summed E-state index contributed by atoms with van der Waals surface area (Å²) < 4.78 is 6.56. The molecule has 1 saturated carbocycles. The first-order valence-electron chi connectivity index (χ1n) is 12.3. The first kappa shape index (κ1) is 26.3. The van der Waals surface area contributed by atoms with E-state index in [0.717, 1.165) is 31.4 Å². The zero-order chi connectivity index (χ0) is 23.5. The molecule has 0 bridgehead atoms. The van der Waals surface area contributed by atoms with Crippen LogP contribution in [0, 0.1) is 17.8 Å². The summed E-state index contributed by atoms with van der Waals surface area (Å²) >= 11 is 0. The quantitative estimate of drug-likeness (QED) is 0.318.